The zero-order chi connectivity index (χ0) is 21.1. The highest BCUT2D eigenvalue weighted by atomic mass is 16.5. The zero-order valence-electron chi connectivity index (χ0n) is 18.2. The number of hydrogen-bond donors (Lipinski definition) is 1. The summed E-state index contributed by atoms with van der Waals surface area (Å²) >= 11 is 0. The topological polar surface area (TPSA) is 86.5 Å². The van der Waals surface area contributed by atoms with Gasteiger partial charge >= 0.3 is 5.97 Å². The summed E-state index contributed by atoms with van der Waals surface area (Å²) in [5.41, 5.74) is 7.22. The molecule has 5 heteroatoms. The maximum Gasteiger partial charge on any atom is 0.302 e. The number of hydrogen-bond acceptors (Lipinski definition) is 4. The van der Waals surface area contributed by atoms with E-state index in [-0.39, 0.29) is 46.4 Å². The molecular weight excluding hydrogens is 366 g/mol. The lowest BCUT2D eigenvalue weighted by Crippen LogP contribution is -2.51. The minimum atomic E-state index is -0.320. The lowest BCUT2D eigenvalue weighted by molar-refractivity contribution is -0.149. The number of ketones is 1. The highest BCUT2D eigenvalue weighted by Crippen LogP contribution is 2.67. The lowest BCUT2D eigenvalue weighted by Gasteiger charge is -2.58. The van der Waals surface area contributed by atoms with Gasteiger partial charge in [0, 0.05) is 25.2 Å². The van der Waals surface area contributed by atoms with Gasteiger partial charge in [0.05, 0.1) is 0 Å². The summed E-state index contributed by atoms with van der Waals surface area (Å²) < 4.78 is 5.52. The van der Waals surface area contributed by atoms with Crippen LogP contribution in [0.3, 0.4) is 0 Å². The van der Waals surface area contributed by atoms with E-state index in [1.54, 1.807) is 6.92 Å². The fourth-order valence-electron chi connectivity index (χ4n) is 8.04. The van der Waals surface area contributed by atoms with E-state index in [2.05, 4.69) is 19.9 Å². The van der Waals surface area contributed by atoms with Crippen molar-refractivity contribution in [2.45, 2.75) is 78.7 Å². The summed E-state index contributed by atoms with van der Waals surface area (Å²) in [6.45, 7) is 7.76. The summed E-state index contributed by atoms with van der Waals surface area (Å²) in [4.78, 5) is 36.1. The van der Waals surface area contributed by atoms with Crippen LogP contribution in [-0.4, -0.2) is 23.8 Å². The molecule has 0 bridgehead atoms. The Bertz CT molecular complexity index is 773. The van der Waals surface area contributed by atoms with Gasteiger partial charge in [-0.05, 0) is 74.0 Å². The van der Waals surface area contributed by atoms with Crippen LogP contribution in [0.15, 0.2) is 11.6 Å². The number of amides is 1. The lowest BCUT2D eigenvalue weighted by atomic mass is 9.47. The molecule has 1 amide bonds. The number of rotatable bonds is 3. The third kappa shape index (κ3) is 3.07. The third-order valence-corrected chi connectivity index (χ3v) is 9.25. The van der Waals surface area contributed by atoms with Gasteiger partial charge in [0.2, 0.25) is 5.91 Å². The standard InChI is InChI=1S/C24H35NO4/c1-13(26)21-18(22(25)28)12-20-17-6-5-15-11-16(29-14(2)27)7-9-23(15,3)19(17)8-10-24(20,21)4/h5,16-21H,6-12H2,1-4H3,(H2,25,28)/t16-,17+,18-,19-,20-,21+,23-,24-/m0/s1. The van der Waals surface area contributed by atoms with E-state index in [1.165, 1.54) is 12.5 Å². The van der Waals surface area contributed by atoms with Crippen molar-refractivity contribution in [1.82, 2.24) is 0 Å². The van der Waals surface area contributed by atoms with Crippen molar-refractivity contribution in [2.75, 3.05) is 0 Å². The van der Waals surface area contributed by atoms with Crippen molar-refractivity contribution in [3.8, 4) is 0 Å². The van der Waals surface area contributed by atoms with E-state index in [9.17, 15) is 14.4 Å². The summed E-state index contributed by atoms with van der Waals surface area (Å²) in [6.07, 6.45) is 9.04. The second kappa shape index (κ2) is 6.95. The monoisotopic (exact) mass is 401 g/mol. The zero-order valence-corrected chi connectivity index (χ0v) is 18.2. The number of fused-ring (bicyclic) bond motifs is 5. The van der Waals surface area contributed by atoms with E-state index >= 15 is 0 Å². The first-order chi connectivity index (χ1) is 13.6. The Morgan fingerprint density at radius 3 is 2.45 bits per heavy atom. The van der Waals surface area contributed by atoms with Gasteiger partial charge in [-0.3, -0.25) is 14.4 Å². The summed E-state index contributed by atoms with van der Waals surface area (Å²) in [6, 6.07) is 0. The van der Waals surface area contributed by atoms with E-state index in [4.69, 9.17) is 10.5 Å². The molecule has 4 aliphatic carbocycles. The quantitative estimate of drug-likeness (QED) is 0.576. The van der Waals surface area contributed by atoms with Crippen molar-refractivity contribution < 1.29 is 19.1 Å². The van der Waals surface area contributed by atoms with Crippen LogP contribution in [0.5, 0.6) is 0 Å². The van der Waals surface area contributed by atoms with Gasteiger partial charge in [-0.15, -0.1) is 0 Å². The average molecular weight is 402 g/mol. The molecule has 4 aliphatic rings. The maximum atomic E-state index is 12.5. The Morgan fingerprint density at radius 2 is 1.83 bits per heavy atom. The molecule has 0 aromatic heterocycles. The molecule has 0 aromatic carbocycles. The Kier molecular flexibility index (Phi) is 4.94. The SMILES string of the molecule is CC(=O)O[C@H]1CC[C@@]2(C)C(=CC[C@H]3[C@@H]4C[C@H](C(N)=O)[C@@H](C(C)=O)[C@@]4(C)CC[C@@H]32)C1. The molecule has 0 aromatic rings. The van der Waals surface area contributed by atoms with Gasteiger partial charge in [-0.1, -0.05) is 25.5 Å². The van der Waals surface area contributed by atoms with Crippen LogP contribution in [0.2, 0.25) is 0 Å². The predicted molar refractivity (Wildman–Crippen MR) is 109 cm³/mol. The van der Waals surface area contributed by atoms with Gasteiger partial charge in [0.25, 0.3) is 0 Å². The van der Waals surface area contributed by atoms with E-state index in [1.807, 2.05) is 0 Å². The number of carbonyl (C=O) groups is 3. The second-order valence-corrected chi connectivity index (χ2v) is 10.6. The molecule has 0 radical (unpaired) electrons. The largest absolute Gasteiger partial charge is 0.462 e. The molecular formula is C24H35NO4. The first kappa shape index (κ1) is 20.6. The summed E-state index contributed by atoms with van der Waals surface area (Å²) in [5, 5.41) is 0. The minimum absolute atomic E-state index is 0.00467. The van der Waals surface area contributed by atoms with E-state index < -0.39 is 0 Å². The molecule has 0 saturated heterocycles. The Labute approximate surface area is 173 Å². The minimum Gasteiger partial charge on any atom is -0.462 e. The molecule has 0 heterocycles. The first-order valence-electron chi connectivity index (χ1n) is 11.2. The van der Waals surface area contributed by atoms with Crippen LogP contribution in [0.4, 0.5) is 0 Å². The van der Waals surface area contributed by atoms with Crippen LogP contribution in [0.25, 0.3) is 0 Å². The van der Waals surface area contributed by atoms with Crippen molar-refractivity contribution in [3.05, 3.63) is 11.6 Å². The molecule has 29 heavy (non-hydrogen) atoms. The van der Waals surface area contributed by atoms with Crippen molar-refractivity contribution in [1.29, 1.82) is 0 Å². The fourth-order valence-corrected chi connectivity index (χ4v) is 8.04. The Morgan fingerprint density at radius 1 is 1.10 bits per heavy atom. The molecule has 0 aliphatic heterocycles. The molecule has 2 N–H and O–H groups in total. The van der Waals surface area contributed by atoms with Gasteiger partial charge in [-0.2, -0.15) is 0 Å². The van der Waals surface area contributed by atoms with E-state index in [0.717, 1.165) is 44.9 Å². The molecule has 4 rings (SSSR count). The number of Topliss-reactive ketones (excluding diaryl/α,β-unsaturated/α-hetero) is 1. The Hall–Kier alpha value is -1.65. The number of primary amides is 1. The predicted octanol–water partition coefficient (Wildman–Crippen LogP) is 3.80. The number of carbonyl (C=O) groups excluding carboxylic acids is 3. The van der Waals surface area contributed by atoms with Gasteiger partial charge < -0.3 is 10.5 Å². The number of nitrogens with two attached hydrogens (primary N) is 1. The van der Waals surface area contributed by atoms with Gasteiger partial charge in [-0.25, -0.2) is 0 Å². The molecule has 3 fully saturated rings. The average Bonchev–Trinajstić information content (AvgIpc) is 2.95. The summed E-state index contributed by atoms with van der Waals surface area (Å²) in [5.74, 6) is 0.503. The van der Waals surface area contributed by atoms with Crippen LogP contribution >= 0.6 is 0 Å². The Balaban J connectivity index is 1.63. The highest BCUT2D eigenvalue weighted by Gasteiger charge is 2.63. The van der Waals surface area contributed by atoms with Crippen molar-refractivity contribution in [2.24, 2.45) is 46.2 Å². The smallest absolute Gasteiger partial charge is 0.302 e. The van der Waals surface area contributed by atoms with Crippen molar-refractivity contribution >= 4 is 17.7 Å². The van der Waals surface area contributed by atoms with Crippen LogP contribution in [0.1, 0.15) is 72.6 Å². The summed E-state index contributed by atoms with van der Waals surface area (Å²) in [7, 11) is 0. The van der Waals surface area contributed by atoms with Crippen LogP contribution in [0, 0.1) is 40.4 Å². The molecule has 8 atom stereocenters. The van der Waals surface area contributed by atoms with E-state index in [0.29, 0.717) is 17.8 Å². The molecule has 0 unspecified atom stereocenters. The first-order valence-corrected chi connectivity index (χ1v) is 11.2. The van der Waals surface area contributed by atoms with Crippen LogP contribution < -0.4 is 5.73 Å². The third-order valence-electron chi connectivity index (χ3n) is 9.25. The molecule has 5 nitrogen and oxygen atoms in total. The van der Waals surface area contributed by atoms with Gasteiger partial charge in [0.1, 0.15) is 11.9 Å². The molecule has 160 valence electrons. The second-order valence-electron chi connectivity index (χ2n) is 10.6. The van der Waals surface area contributed by atoms with Crippen molar-refractivity contribution in [3.63, 3.8) is 0 Å². The highest BCUT2D eigenvalue weighted by molar-refractivity contribution is 5.88. The number of allylic oxidation sites excluding steroid dienone is 1. The maximum absolute atomic E-state index is 12.5. The molecule has 0 spiro atoms. The van der Waals surface area contributed by atoms with Crippen LogP contribution in [-0.2, 0) is 19.1 Å². The number of esters is 1. The molecule has 3 saturated carbocycles. The fraction of sp³-hybridized carbons (Fsp3) is 0.792. The van der Waals surface area contributed by atoms with Gasteiger partial charge in [0.15, 0.2) is 0 Å². The normalized spacial score (nSPS) is 46.0. The number of ether oxygens (including phenoxy) is 1.